The van der Waals surface area contributed by atoms with Crippen LogP contribution in [0.2, 0.25) is 0 Å². The molecule has 7 nitrogen and oxygen atoms in total. The highest BCUT2D eigenvalue weighted by molar-refractivity contribution is 6.03. The summed E-state index contributed by atoms with van der Waals surface area (Å²) in [6, 6.07) is 15.8. The predicted octanol–water partition coefficient (Wildman–Crippen LogP) is 4.94. The normalized spacial score (nSPS) is 13.2. The van der Waals surface area contributed by atoms with Crippen molar-refractivity contribution in [3.8, 4) is 22.6 Å². The standard InChI is InChI=1S/C25H24N6O/c1-2-5-17-9-12-22(29-23(17)19-7-4-13-26-15-19)25(32)28-20-8-3-6-18(14-20)24-30-27-16-31(24)21-10-11-21/h3-4,6-9,12-16,21H,2,5,10-11H2,1H3,(H,28,32). The van der Waals surface area contributed by atoms with Gasteiger partial charge in [0, 0.05) is 35.2 Å². The first-order valence-corrected chi connectivity index (χ1v) is 10.9. The van der Waals surface area contributed by atoms with Crippen LogP contribution < -0.4 is 5.32 Å². The smallest absolute Gasteiger partial charge is 0.274 e. The summed E-state index contributed by atoms with van der Waals surface area (Å²) in [5.41, 5.74) is 4.81. The van der Waals surface area contributed by atoms with Gasteiger partial charge < -0.3 is 9.88 Å². The number of carbonyl (C=O) groups is 1. The lowest BCUT2D eigenvalue weighted by Crippen LogP contribution is -2.14. The zero-order valence-corrected chi connectivity index (χ0v) is 17.9. The Morgan fingerprint density at radius 1 is 1.12 bits per heavy atom. The molecule has 1 aliphatic carbocycles. The first kappa shape index (κ1) is 20.1. The molecule has 1 aliphatic rings. The van der Waals surface area contributed by atoms with Crippen molar-refractivity contribution < 1.29 is 4.79 Å². The third-order valence-electron chi connectivity index (χ3n) is 5.56. The van der Waals surface area contributed by atoms with E-state index in [-0.39, 0.29) is 5.91 Å². The Morgan fingerprint density at radius 2 is 2.00 bits per heavy atom. The van der Waals surface area contributed by atoms with Gasteiger partial charge in [-0.25, -0.2) is 4.98 Å². The molecule has 0 atom stereocenters. The quantitative estimate of drug-likeness (QED) is 0.454. The number of anilines is 1. The Kier molecular flexibility index (Phi) is 5.46. The van der Waals surface area contributed by atoms with Crippen molar-refractivity contribution in [2.75, 3.05) is 5.32 Å². The number of amides is 1. The third-order valence-corrected chi connectivity index (χ3v) is 5.56. The Hall–Kier alpha value is -3.87. The first-order chi connectivity index (χ1) is 15.7. The number of carbonyl (C=O) groups excluding carboxylic acids is 1. The largest absolute Gasteiger partial charge is 0.321 e. The second kappa shape index (κ2) is 8.70. The predicted molar refractivity (Wildman–Crippen MR) is 123 cm³/mol. The van der Waals surface area contributed by atoms with Gasteiger partial charge in [0.05, 0.1) is 5.69 Å². The number of pyridine rings is 2. The zero-order valence-electron chi connectivity index (χ0n) is 17.9. The number of benzene rings is 1. The topological polar surface area (TPSA) is 85.6 Å². The van der Waals surface area contributed by atoms with Gasteiger partial charge in [-0.05, 0) is 55.2 Å². The van der Waals surface area contributed by atoms with Crippen LogP contribution >= 0.6 is 0 Å². The van der Waals surface area contributed by atoms with Crippen molar-refractivity contribution in [1.29, 1.82) is 0 Å². The summed E-state index contributed by atoms with van der Waals surface area (Å²) in [5, 5.41) is 11.3. The summed E-state index contributed by atoms with van der Waals surface area (Å²) in [7, 11) is 0. The van der Waals surface area contributed by atoms with Crippen LogP contribution in [0.15, 0.2) is 67.3 Å². The van der Waals surface area contributed by atoms with E-state index in [2.05, 4.69) is 32.0 Å². The van der Waals surface area contributed by atoms with E-state index < -0.39 is 0 Å². The minimum absolute atomic E-state index is 0.251. The van der Waals surface area contributed by atoms with Crippen molar-refractivity contribution >= 4 is 11.6 Å². The van der Waals surface area contributed by atoms with Gasteiger partial charge in [0.1, 0.15) is 12.0 Å². The fraction of sp³-hybridized carbons (Fsp3) is 0.240. The minimum atomic E-state index is -0.251. The molecule has 1 fully saturated rings. The summed E-state index contributed by atoms with van der Waals surface area (Å²) >= 11 is 0. The lowest BCUT2D eigenvalue weighted by molar-refractivity contribution is 0.102. The number of nitrogens with zero attached hydrogens (tertiary/aromatic N) is 5. The summed E-state index contributed by atoms with van der Waals surface area (Å²) in [6.45, 7) is 2.13. The van der Waals surface area contributed by atoms with Crippen molar-refractivity contribution in [2.45, 2.75) is 38.6 Å². The number of hydrogen-bond acceptors (Lipinski definition) is 5. The van der Waals surface area contributed by atoms with E-state index in [1.807, 2.05) is 42.5 Å². The highest BCUT2D eigenvalue weighted by atomic mass is 16.1. The van der Waals surface area contributed by atoms with Crippen LogP contribution in [0, 0.1) is 0 Å². The maximum Gasteiger partial charge on any atom is 0.274 e. The number of nitrogens with one attached hydrogen (secondary N) is 1. The molecule has 1 saturated carbocycles. The van der Waals surface area contributed by atoms with Gasteiger partial charge in [0.25, 0.3) is 5.91 Å². The molecule has 1 amide bonds. The summed E-state index contributed by atoms with van der Waals surface area (Å²) in [6.07, 6.45) is 9.49. The zero-order chi connectivity index (χ0) is 21.9. The van der Waals surface area contributed by atoms with E-state index in [9.17, 15) is 4.79 Å². The summed E-state index contributed by atoms with van der Waals surface area (Å²) in [4.78, 5) is 21.9. The first-order valence-electron chi connectivity index (χ1n) is 10.9. The Balaban J connectivity index is 1.41. The molecule has 4 aromatic rings. The second-order valence-corrected chi connectivity index (χ2v) is 8.02. The molecule has 0 saturated heterocycles. The molecule has 160 valence electrons. The van der Waals surface area contributed by atoms with E-state index in [0.717, 1.165) is 53.9 Å². The van der Waals surface area contributed by atoms with Gasteiger partial charge in [-0.3, -0.25) is 9.78 Å². The molecule has 3 heterocycles. The van der Waals surface area contributed by atoms with Gasteiger partial charge in [-0.15, -0.1) is 10.2 Å². The average Bonchev–Trinajstić information content (AvgIpc) is 3.56. The van der Waals surface area contributed by atoms with Crippen LogP contribution in [0.5, 0.6) is 0 Å². The number of aryl methyl sites for hydroxylation is 1. The molecule has 5 rings (SSSR count). The Labute approximate surface area is 186 Å². The van der Waals surface area contributed by atoms with Crippen LogP contribution in [0.25, 0.3) is 22.6 Å². The van der Waals surface area contributed by atoms with Gasteiger partial charge in [0.15, 0.2) is 5.82 Å². The van der Waals surface area contributed by atoms with E-state index in [1.165, 1.54) is 0 Å². The highest BCUT2D eigenvalue weighted by Crippen LogP contribution is 2.37. The minimum Gasteiger partial charge on any atom is -0.321 e. The lowest BCUT2D eigenvalue weighted by atomic mass is 10.0. The fourth-order valence-corrected chi connectivity index (χ4v) is 3.84. The lowest BCUT2D eigenvalue weighted by Gasteiger charge is -2.11. The SMILES string of the molecule is CCCc1ccc(C(=O)Nc2cccc(-c3nncn3C3CC3)c2)nc1-c1cccnc1. The number of rotatable bonds is 7. The maximum absolute atomic E-state index is 13.0. The summed E-state index contributed by atoms with van der Waals surface area (Å²) < 4.78 is 2.11. The molecule has 0 radical (unpaired) electrons. The second-order valence-electron chi connectivity index (χ2n) is 8.02. The van der Waals surface area contributed by atoms with Gasteiger partial charge in [0.2, 0.25) is 0 Å². The number of aromatic nitrogens is 5. The molecule has 7 heteroatoms. The monoisotopic (exact) mass is 424 g/mol. The molecule has 0 bridgehead atoms. The Bertz CT molecular complexity index is 1250. The molecule has 3 aromatic heterocycles. The van der Waals surface area contributed by atoms with E-state index >= 15 is 0 Å². The van der Waals surface area contributed by atoms with Gasteiger partial charge in [-0.1, -0.05) is 31.5 Å². The van der Waals surface area contributed by atoms with Crippen molar-refractivity contribution in [3.63, 3.8) is 0 Å². The Morgan fingerprint density at radius 3 is 2.78 bits per heavy atom. The highest BCUT2D eigenvalue weighted by Gasteiger charge is 2.26. The van der Waals surface area contributed by atoms with Crippen molar-refractivity contribution in [3.05, 3.63) is 78.5 Å². The van der Waals surface area contributed by atoms with Gasteiger partial charge in [-0.2, -0.15) is 0 Å². The fourth-order valence-electron chi connectivity index (χ4n) is 3.84. The van der Waals surface area contributed by atoms with Crippen LogP contribution in [0.1, 0.15) is 48.3 Å². The molecule has 0 aliphatic heterocycles. The molecule has 0 unspecified atom stereocenters. The van der Waals surface area contributed by atoms with Crippen LogP contribution in [0.3, 0.4) is 0 Å². The maximum atomic E-state index is 13.0. The van der Waals surface area contributed by atoms with E-state index in [0.29, 0.717) is 17.4 Å². The van der Waals surface area contributed by atoms with Gasteiger partial charge >= 0.3 is 0 Å². The third kappa shape index (κ3) is 4.14. The molecule has 32 heavy (non-hydrogen) atoms. The molecular weight excluding hydrogens is 400 g/mol. The van der Waals surface area contributed by atoms with Crippen LogP contribution in [-0.2, 0) is 6.42 Å². The average molecular weight is 425 g/mol. The van der Waals surface area contributed by atoms with Crippen LogP contribution in [-0.4, -0.2) is 30.6 Å². The van der Waals surface area contributed by atoms with Crippen LogP contribution in [0.4, 0.5) is 5.69 Å². The van der Waals surface area contributed by atoms with Crippen molar-refractivity contribution in [1.82, 2.24) is 24.7 Å². The molecule has 0 spiro atoms. The van der Waals surface area contributed by atoms with E-state index in [1.54, 1.807) is 24.8 Å². The molecule has 1 aromatic carbocycles. The molecule has 1 N–H and O–H groups in total. The van der Waals surface area contributed by atoms with Crippen molar-refractivity contribution in [2.24, 2.45) is 0 Å². The van der Waals surface area contributed by atoms with E-state index in [4.69, 9.17) is 4.98 Å². The number of hydrogen-bond donors (Lipinski definition) is 1. The summed E-state index contributed by atoms with van der Waals surface area (Å²) in [5.74, 6) is 0.573. The molecular formula is C25H24N6O.